The van der Waals surface area contributed by atoms with Gasteiger partial charge in [0.25, 0.3) is 0 Å². The van der Waals surface area contributed by atoms with E-state index in [2.05, 4.69) is 5.10 Å². The van der Waals surface area contributed by atoms with Crippen molar-refractivity contribution in [1.82, 2.24) is 9.78 Å². The Labute approximate surface area is 86.7 Å². The lowest BCUT2D eigenvalue weighted by Gasteiger charge is -2.06. The van der Waals surface area contributed by atoms with Crippen LogP contribution < -0.4 is 5.32 Å². The predicted octanol–water partition coefficient (Wildman–Crippen LogP) is 0.619. The second kappa shape index (κ2) is 3.83. The Hall–Kier alpha value is -2.06. The van der Waals surface area contributed by atoms with Crippen molar-refractivity contribution in [2.75, 3.05) is 5.32 Å². The van der Waals surface area contributed by atoms with Gasteiger partial charge in [0.2, 0.25) is 0 Å². The molecule has 6 nitrogen and oxygen atoms in total. The maximum absolute atomic E-state index is 11.9. The van der Waals surface area contributed by atoms with Gasteiger partial charge in [0.05, 0.1) is 0 Å². The fourth-order valence-corrected chi connectivity index (χ4v) is 0.876. The topological polar surface area (TPSA) is 84.2 Å². The summed E-state index contributed by atoms with van der Waals surface area (Å²) in [5.74, 6) is -3.93. The Morgan fingerprint density at radius 2 is 2.06 bits per heavy atom. The first kappa shape index (κ1) is 12.0. The second-order valence-corrected chi connectivity index (χ2v) is 2.80. The van der Waals surface area contributed by atoms with E-state index in [9.17, 15) is 22.8 Å². The number of carbonyl (C=O) groups is 2. The molecular weight excluding hydrogens is 231 g/mol. The van der Waals surface area contributed by atoms with Crippen LogP contribution in [0.1, 0.15) is 10.5 Å². The zero-order valence-corrected chi connectivity index (χ0v) is 7.87. The molecule has 1 aromatic heterocycles. The first-order valence-electron chi connectivity index (χ1n) is 3.87. The van der Waals surface area contributed by atoms with E-state index < -0.39 is 23.7 Å². The monoisotopic (exact) mass is 237 g/mol. The third-order valence-corrected chi connectivity index (χ3v) is 1.60. The van der Waals surface area contributed by atoms with Crippen LogP contribution in [0.3, 0.4) is 0 Å². The summed E-state index contributed by atoms with van der Waals surface area (Å²) in [4.78, 5) is 21.0. The van der Waals surface area contributed by atoms with E-state index in [0.29, 0.717) is 0 Å². The van der Waals surface area contributed by atoms with E-state index in [4.69, 9.17) is 5.11 Å². The summed E-state index contributed by atoms with van der Waals surface area (Å²) in [6.45, 7) is 0. The van der Waals surface area contributed by atoms with Crippen LogP contribution in [0.5, 0.6) is 0 Å². The van der Waals surface area contributed by atoms with Gasteiger partial charge in [-0.05, 0) is 0 Å². The highest BCUT2D eigenvalue weighted by Crippen LogP contribution is 2.18. The lowest BCUT2D eigenvalue weighted by atomic mass is 10.4. The van der Waals surface area contributed by atoms with E-state index in [1.165, 1.54) is 12.4 Å². The number of rotatable bonds is 2. The Morgan fingerprint density at radius 3 is 2.44 bits per heavy atom. The summed E-state index contributed by atoms with van der Waals surface area (Å²) < 4.78 is 36.4. The molecule has 0 spiro atoms. The fraction of sp³-hybridized carbons (Fsp3) is 0.286. The molecule has 0 radical (unpaired) electrons. The smallest absolute Gasteiger partial charge is 0.471 e. The van der Waals surface area contributed by atoms with Gasteiger partial charge in [-0.2, -0.15) is 18.3 Å². The van der Waals surface area contributed by atoms with E-state index in [0.717, 1.165) is 10.7 Å². The Kier molecular flexibility index (Phi) is 2.88. The van der Waals surface area contributed by atoms with E-state index in [1.807, 2.05) is 0 Å². The van der Waals surface area contributed by atoms with Crippen LogP contribution in [0.15, 0.2) is 6.07 Å². The van der Waals surface area contributed by atoms with Gasteiger partial charge < -0.3 is 10.4 Å². The van der Waals surface area contributed by atoms with Gasteiger partial charge in [-0.3, -0.25) is 9.48 Å². The van der Waals surface area contributed by atoms with Crippen LogP contribution in [0.2, 0.25) is 0 Å². The fourth-order valence-electron chi connectivity index (χ4n) is 0.876. The first-order valence-corrected chi connectivity index (χ1v) is 3.87. The van der Waals surface area contributed by atoms with Crippen molar-refractivity contribution in [3.05, 3.63) is 11.8 Å². The third kappa shape index (κ3) is 2.49. The molecule has 0 aromatic carbocycles. The molecule has 16 heavy (non-hydrogen) atoms. The molecule has 0 aliphatic heterocycles. The summed E-state index contributed by atoms with van der Waals surface area (Å²) in [6.07, 6.45) is -5.03. The number of nitrogens with one attached hydrogen (secondary N) is 1. The van der Waals surface area contributed by atoms with Crippen LogP contribution in [0, 0.1) is 0 Å². The number of hydrogen-bond acceptors (Lipinski definition) is 3. The molecule has 9 heteroatoms. The number of carbonyl (C=O) groups excluding carboxylic acids is 1. The average Bonchev–Trinajstić information content (AvgIpc) is 2.46. The van der Waals surface area contributed by atoms with Crippen molar-refractivity contribution in [2.45, 2.75) is 6.18 Å². The zero-order valence-electron chi connectivity index (χ0n) is 7.87. The minimum atomic E-state index is -5.03. The quantitative estimate of drug-likeness (QED) is 0.789. The molecule has 88 valence electrons. The van der Waals surface area contributed by atoms with Gasteiger partial charge in [0.15, 0.2) is 5.69 Å². The molecule has 0 saturated carbocycles. The first-order chi connectivity index (χ1) is 7.21. The molecule has 0 aliphatic rings. The van der Waals surface area contributed by atoms with Crippen LogP contribution >= 0.6 is 0 Å². The van der Waals surface area contributed by atoms with Gasteiger partial charge >= 0.3 is 18.1 Å². The molecular formula is C7H6F3N3O3. The molecule has 2 N–H and O–H groups in total. The molecule has 0 fully saturated rings. The molecule has 1 amide bonds. The molecule has 0 unspecified atom stereocenters. The van der Waals surface area contributed by atoms with Crippen molar-refractivity contribution in [3.63, 3.8) is 0 Å². The van der Waals surface area contributed by atoms with Crippen LogP contribution in [-0.2, 0) is 11.8 Å². The predicted molar refractivity (Wildman–Crippen MR) is 44.9 cm³/mol. The molecule has 0 saturated heterocycles. The Balaban J connectivity index is 2.90. The number of amides is 1. The van der Waals surface area contributed by atoms with E-state index in [-0.39, 0.29) is 5.82 Å². The number of alkyl halides is 3. The van der Waals surface area contributed by atoms with Crippen LogP contribution in [-0.4, -0.2) is 32.9 Å². The molecule has 1 rings (SSSR count). The van der Waals surface area contributed by atoms with E-state index in [1.54, 1.807) is 0 Å². The van der Waals surface area contributed by atoms with Crippen molar-refractivity contribution >= 4 is 17.7 Å². The summed E-state index contributed by atoms with van der Waals surface area (Å²) in [5, 5.41) is 13.4. The van der Waals surface area contributed by atoms with Crippen LogP contribution in [0.4, 0.5) is 19.0 Å². The minimum Gasteiger partial charge on any atom is -0.476 e. The highest BCUT2D eigenvalue weighted by molar-refractivity contribution is 5.95. The zero-order chi connectivity index (χ0) is 12.5. The van der Waals surface area contributed by atoms with Gasteiger partial charge in [-0.25, -0.2) is 4.79 Å². The number of hydrogen-bond donors (Lipinski definition) is 2. The second-order valence-electron chi connectivity index (χ2n) is 2.80. The Bertz CT molecular complexity index is 438. The summed E-state index contributed by atoms with van der Waals surface area (Å²) in [7, 11) is 1.21. The molecule has 1 heterocycles. The normalized spacial score (nSPS) is 11.2. The SMILES string of the molecule is Cn1nc(C(=O)O)cc1NC(=O)C(F)(F)F. The van der Waals surface area contributed by atoms with Crippen molar-refractivity contribution in [2.24, 2.45) is 7.05 Å². The summed E-state index contributed by atoms with van der Waals surface area (Å²) in [5.41, 5.74) is -0.458. The summed E-state index contributed by atoms with van der Waals surface area (Å²) >= 11 is 0. The van der Waals surface area contributed by atoms with E-state index >= 15 is 0 Å². The van der Waals surface area contributed by atoms with Gasteiger partial charge in [-0.15, -0.1) is 0 Å². The standard InChI is InChI=1S/C7H6F3N3O3/c1-13-4(2-3(12-13)5(14)15)11-6(16)7(8,9)10/h2H,1H3,(H,11,16)(H,14,15). The highest BCUT2D eigenvalue weighted by atomic mass is 19.4. The lowest BCUT2D eigenvalue weighted by molar-refractivity contribution is -0.167. The number of aromatic carboxylic acids is 1. The number of aryl methyl sites for hydroxylation is 1. The Morgan fingerprint density at radius 1 is 1.50 bits per heavy atom. The number of nitrogens with zero attached hydrogens (tertiary/aromatic N) is 2. The minimum absolute atomic E-state index is 0.347. The molecule has 1 aromatic rings. The van der Waals surface area contributed by atoms with Crippen molar-refractivity contribution in [3.8, 4) is 0 Å². The van der Waals surface area contributed by atoms with Crippen molar-refractivity contribution in [1.29, 1.82) is 0 Å². The van der Waals surface area contributed by atoms with Crippen molar-refractivity contribution < 1.29 is 27.9 Å². The number of carboxylic acids is 1. The largest absolute Gasteiger partial charge is 0.476 e. The highest BCUT2D eigenvalue weighted by Gasteiger charge is 2.39. The number of halogens is 3. The molecule has 0 atom stereocenters. The maximum Gasteiger partial charge on any atom is 0.471 e. The van der Waals surface area contributed by atoms with Gasteiger partial charge in [0.1, 0.15) is 5.82 Å². The average molecular weight is 237 g/mol. The maximum atomic E-state index is 11.9. The molecule has 0 aliphatic carbocycles. The lowest BCUT2D eigenvalue weighted by Crippen LogP contribution is -2.30. The van der Waals surface area contributed by atoms with Gasteiger partial charge in [0, 0.05) is 13.1 Å². The van der Waals surface area contributed by atoms with Gasteiger partial charge in [-0.1, -0.05) is 0 Å². The number of anilines is 1. The molecule has 0 bridgehead atoms. The third-order valence-electron chi connectivity index (χ3n) is 1.60. The summed E-state index contributed by atoms with van der Waals surface area (Å²) in [6, 6.07) is 0.825. The number of aromatic nitrogens is 2. The number of carboxylic acid groups (broad SMARTS) is 1. The van der Waals surface area contributed by atoms with Crippen LogP contribution in [0.25, 0.3) is 0 Å².